The Morgan fingerprint density at radius 3 is 2.61 bits per heavy atom. The van der Waals surface area contributed by atoms with Gasteiger partial charge in [-0.3, -0.25) is 14.4 Å². The van der Waals surface area contributed by atoms with Crippen LogP contribution >= 0.6 is 11.6 Å². The predicted molar refractivity (Wildman–Crippen MR) is 127 cm³/mol. The zero-order chi connectivity index (χ0) is 23.5. The van der Waals surface area contributed by atoms with E-state index in [4.69, 9.17) is 16.3 Å². The van der Waals surface area contributed by atoms with E-state index in [1.54, 1.807) is 35.2 Å². The molecule has 3 amide bonds. The van der Waals surface area contributed by atoms with E-state index in [0.29, 0.717) is 22.0 Å². The second-order valence-electron chi connectivity index (χ2n) is 8.66. The second-order valence-corrected chi connectivity index (χ2v) is 9.09. The van der Waals surface area contributed by atoms with Crippen molar-refractivity contribution in [3.05, 3.63) is 58.6 Å². The molecule has 0 radical (unpaired) electrons. The summed E-state index contributed by atoms with van der Waals surface area (Å²) in [6, 6.07) is 11.1. The fourth-order valence-corrected chi connectivity index (χ4v) is 4.90. The maximum Gasteiger partial charge on any atom is 0.254 e. The van der Waals surface area contributed by atoms with E-state index in [1.807, 2.05) is 19.1 Å². The monoisotopic (exact) mass is 469 g/mol. The van der Waals surface area contributed by atoms with Crippen LogP contribution in [-0.2, 0) is 9.59 Å². The van der Waals surface area contributed by atoms with E-state index < -0.39 is 11.9 Å². The third kappa shape index (κ3) is 4.98. The molecule has 1 aliphatic carbocycles. The molecule has 0 aromatic heterocycles. The third-order valence-corrected chi connectivity index (χ3v) is 6.64. The number of ether oxygens (including phenoxy) is 1. The van der Waals surface area contributed by atoms with Crippen molar-refractivity contribution >= 4 is 35.0 Å². The number of anilines is 1. The minimum Gasteiger partial charge on any atom is -0.495 e. The minimum atomic E-state index is -0.900. The van der Waals surface area contributed by atoms with Crippen molar-refractivity contribution in [2.24, 2.45) is 0 Å². The first kappa shape index (κ1) is 23.1. The second kappa shape index (κ2) is 9.83. The summed E-state index contributed by atoms with van der Waals surface area (Å²) in [6.45, 7) is 1.96. The van der Waals surface area contributed by atoms with Crippen LogP contribution in [0.5, 0.6) is 5.75 Å². The molecule has 1 saturated carbocycles. The number of nitrogens with zero attached hydrogens (tertiary/aromatic N) is 1. The van der Waals surface area contributed by atoms with Crippen LogP contribution in [0, 0.1) is 6.92 Å². The molecule has 0 spiro atoms. The van der Waals surface area contributed by atoms with E-state index >= 15 is 0 Å². The molecule has 0 unspecified atom stereocenters. The smallest absolute Gasteiger partial charge is 0.254 e. The van der Waals surface area contributed by atoms with E-state index in [2.05, 4.69) is 10.6 Å². The molecule has 33 heavy (non-hydrogen) atoms. The van der Waals surface area contributed by atoms with Crippen molar-refractivity contribution in [1.82, 2.24) is 10.2 Å². The van der Waals surface area contributed by atoms with Gasteiger partial charge in [-0.1, -0.05) is 42.1 Å². The Morgan fingerprint density at radius 1 is 1.15 bits per heavy atom. The van der Waals surface area contributed by atoms with Crippen molar-refractivity contribution in [2.45, 2.75) is 57.2 Å². The Hall–Kier alpha value is -3.06. The lowest BCUT2D eigenvalue weighted by molar-refractivity contribution is -0.135. The lowest BCUT2D eigenvalue weighted by Crippen LogP contribution is -2.68. The number of benzene rings is 2. The molecule has 8 heteroatoms. The number of hydrogen-bond donors (Lipinski definition) is 2. The van der Waals surface area contributed by atoms with Crippen LogP contribution in [0.4, 0.5) is 5.69 Å². The number of fused-ring (bicyclic) bond motifs is 1. The topological polar surface area (TPSA) is 87.7 Å². The number of methoxy groups -OCH3 is 1. The van der Waals surface area contributed by atoms with Gasteiger partial charge in [-0.2, -0.15) is 0 Å². The molecule has 174 valence electrons. The average Bonchev–Trinajstić information content (AvgIpc) is 2.80. The summed E-state index contributed by atoms with van der Waals surface area (Å²) in [6.07, 6.45) is 3.44. The van der Waals surface area contributed by atoms with Crippen molar-refractivity contribution in [3.63, 3.8) is 0 Å². The van der Waals surface area contributed by atoms with Crippen molar-refractivity contribution in [1.29, 1.82) is 0 Å². The Bertz CT molecular complexity index is 1060. The highest BCUT2D eigenvalue weighted by Crippen LogP contribution is 2.32. The predicted octanol–water partition coefficient (Wildman–Crippen LogP) is 3.94. The summed E-state index contributed by atoms with van der Waals surface area (Å²) < 4.78 is 5.29. The van der Waals surface area contributed by atoms with Gasteiger partial charge in [0, 0.05) is 16.6 Å². The maximum absolute atomic E-state index is 13.6. The average molecular weight is 470 g/mol. The molecule has 7 nitrogen and oxygen atoms in total. The van der Waals surface area contributed by atoms with Crippen molar-refractivity contribution in [2.75, 3.05) is 12.4 Å². The van der Waals surface area contributed by atoms with Crippen LogP contribution in [0.25, 0.3) is 0 Å². The van der Waals surface area contributed by atoms with Gasteiger partial charge in [0.15, 0.2) is 0 Å². The van der Waals surface area contributed by atoms with Crippen molar-refractivity contribution in [3.8, 4) is 5.75 Å². The van der Waals surface area contributed by atoms with Crippen LogP contribution in [0.1, 0.15) is 48.0 Å². The van der Waals surface area contributed by atoms with Crippen LogP contribution in [0.2, 0.25) is 5.02 Å². The molecular formula is C25H28ClN3O4. The quantitative estimate of drug-likeness (QED) is 0.694. The first-order chi connectivity index (χ1) is 15.9. The maximum atomic E-state index is 13.6. The van der Waals surface area contributed by atoms with Crippen molar-refractivity contribution < 1.29 is 19.1 Å². The molecule has 2 aromatic carbocycles. The summed E-state index contributed by atoms with van der Waals surface area (Å²) in [5.74, 6) is -0.459. The Labute approximate surface area is 198 Å². The van der Waals surface area contributed by atoms with E-state index in [9.17, 15) is 14.4 Å². The number of rotatable bonds is 5. The van der Waals surface area contributed by atoms with E-state index in [1.165, 1.54) is 7.11 Å². The highest BCUT2D eigenvalue weighted by Gasteiger charge is 2.46. The van der Waals surface area contributed by atoms with E-state index in [0.717, 1.165) is 31.2 Å². The SMILES string of the molecule is COc1ccc(Cl)cc1NC(=O)C[C@@H]1C(=O)N[C@H]2CCCC[C@@H]2N1C(=O)c1ccc(C)cc1. The standard InChI is InChI=1S/C25H28ClN3O4/c1-15-7-9-16(10-8-15)25(32)29-20-6-4-3-5-18(20)28-24(31)21(29)14-23(30)27-19-13-17(26)11-12-22(19)33-2/h7-13,18,20-21H,3-6,14H2,1-2H3,(H,27,30)(H,28,31)/t18-,20-,21+/m0/s1. The molecule has 1 heterocycles. The molecule has 2 fully saturated rings. The number of amides is 3. The lowest BCUT2D eigenvalue weighted by atomic mass is 9.84. The fourth-order valence-electron chi connectivity index (χ4n) is 4.73. The van der Waals surface area contributed by atoms with Crippen LogP contribution < -0.4 is 15.4 Å². The molecule has 1 aliphatic heterocycles. The van der Waals surface area contributed by atoms with Crippen LogP contribution in [0.15, 0.2) is 42.5 Å². The number of carbonyl (C=O) groups is 3. The highest BCUT2D eigenvalue weighted by atomic mass is 35.5. The number of carbonyl (C=O) groups excluding carboxylic acids is 3. The molecule has 3 atom stereocenters. The zero-order valence-electron chi connectivity index (χ0n) is 18.8. The summed E-state index contributed by atoms with van der Waals surface area (Å²) in [4.78, 5) is 41.3. The lowest BCUT2D eigenvalue weighted by Gasteiger charge is -2.48. The Morgan fingerprint density at radius 2 is 1.88 bits per heavy atom. The first-order valence-electron chi connectivity index (χ1n) is 11.2. The number of nitrogens with one attached hydrogen (secondary N) is 2. The summed E-state index contributed by atoms with van der Waals surface area (Å²) >= 11 is 6.07. The van der Waals surface area contributed by atoms with Gasteiger partial charge in [0.2, 0.25) is 11.8 Å². The van der Waals surface area contributed by atoms with Gasteiger partial charge in [0.25, 0.3) is 5.91 Å². The number of hydrogen-bond acceptors (Lipinski definition) is 4. The summed E-state index contributed by atoms with van der Waals surface area (Å²) in [7, 11) is 1.50. The third-order valence-electron chi connectivity index (χ3n) is 6.40. The van der Waals surface area contributed by atoms with Gasteiger partial charge in [0.1, 0.15) is 11.8 Å². The largest absolute Gasteiger partial charge is 0.495 e. The zero-order valence-corrected chi connectivity index (χ0v) is 19.5. The molecule has 4 rings (SSSR count). The fraction of sp³-hybridized carbons (Fsp3) is 0.400. The Balaban J connectivity index is 1.60. The molecule has 1 saturated heterocycles. The number of piperazine rings is 1. The van der Waals surface area contributed by atoms with Gasteiger partial charge in [-0.25, -0.2) is 0 Å². The molecule has 2 N–H and O–H groups in total. The van der Waals surface area contributed by atoms with Gasteiger partial charge in [-0.15, -0.1) is 0 Å². The van der Waals surface area contributed by atoms with Gasteiger partial charge < -0.3 is 20.3 Å². The van der Waals surface area contributed by atoms with E-state index in [-0.39, 0.29) is 30.3 Å². The minimum absolute atomic E-state index is 0.0898. The molecule has 2 aromatic rings. The normalized spacial score (nSPS) is 22.2. The molecule has 2 aliphatic rings. The highest BCUT2D eigenvalue weighted by molar-refractivity contribution is 6.31. The first-order valence-corrected chi connectivity index (χ1v) is 11.6. The van der Waals surface area contributed by atoms with Crippen LogP contribution in [-0.4, -0.2) is 47.9 Å². The molecular weight excluding hydrogens is 442 g/mol. The molecule has 0 bridgehead atoms. The van der Waals surface area contributed by atoms with Gasteiger partial charge in [-0.05, 0) is 50.1 Å². The number of aryl methyl sites for hydroxylation is 1. The van der Waals surface area contributed by atoms with Crippen LogP contribution in [0.3, 0.4) is 0 Å². The van der Waals surface area contributed by atoms with Gasteiger partial charge >= 0.3 is 0 Å². The summed E-state index contributed by atoms with van der Waals surface area (Å²) in [5, 5.41) is 6.29. The summed E-state index contributed by atoms with van der Waals surface area (Å²) in [5.41, 5.74) is 1.98. The Kier molecular flexibility index (Phi) is 6.88. The van der Waals surface area contributed by atoms with Gasteiger partial charge in [0.05, 0.1) is 25.3 Å². The number of halogens is 1.